The maximum absolute atomic E-state index is 11.8. The lowest BCUT2D eigenvalue weighted by Gasteiger charge is -2.15. The second-order valence-corrected chi connectivity index (χ2v) is 5.92. The minimum Gasteiger partial charge on any atom is -0.383 e. The van der Waals surface area contributed by atoms with E-state index in [0.29, 0.717) is 18.0 Å². The zero-order chi connectivity index (χ0) is 15.9. The topological polar surface area (TPSA) is 82.5 Å². The highest BCUT2D eigenvalue weighted by molar-refractivity contribution is 7.18. The molecule has 0 saturated carbocycles. The summed E-state index contributed by atoms with van der Waals surface area (Å²) in [5.74, 6) is 1.92. The molecular formula is C16H18N2O3S. The van der Waals surface area contributed by atoms with Crippen LogP contribution >= 0.6 is 11.3 Å². The quantitative estimate of drug-likeness (QED) is 0.535. The monoisotopic (exact) mass is 318 g/mol. The van der Waals surface area contributed by atoms with E-state index in [1.54, 1.807) is 0 Å². The first kappa shape index (κ1) is 16.4. The number of hydrogen-bond acceptors (Lipinski definition) is 5. The number of aliphatic hydroxyl groups excluding tert-OH is 2. The molecule has 0 spiro atoms. The van der Waals surface area contributed by atoms with Gasteiger partial charge in [-0.25, -0.2) is 4.98 Å². The standard InChI is InChI=1S/C16H18N2O3S/c1-2-3-4-7-10-17-15(21)13(19)14(20)16-18-11-8-5-6-9-12(11)22-16/h1,5-6,8-9,13-14,19-20H,3-4,7,10H2,(H,17,21). The zero-order valence-corrected chi connectivity index (χ0v) is 12.8. The molecule has 1 heterocycles. The lowest BCUT2D eigenvalue weighted by Crippen LogP contribution is -2.38. The van der Waals surface area contributed by atoms with Gasteiger partial charge >= 0.3 is 0 Å². The van der Waals surface area contributed by atoms with Crippen LogP contribution in [0.3, 0.4) is 0 Å². The van der Waals surface area contributed by atoms with E-state index in [1.807, 2.05) is 24.3 Å². The number of aromatic nitrogens is 1. The molecule has 0 aliphatic rings. The van der Waals surface area contributed by atoms with Crippen LogP contribution in [0.5, 0.6) is 0 Å². The van der Waals surface area contributed by atoms with E-state index in [2.05, 4.69) is 16.2 Å². The van der Waals surface area contributed by atoms with Gasteiger partial charge < -0.3 is 15.5 Å². The predicted molar refractivity (Wildman–Crippen MR) is 86.3 cm³/mol. The molecule has 3 N–H and O–H groups in total. The number of benzene rings is 1. The van der Waals surface area contributed by atoms with E-state index in [0.717, 1.165) is 23.1 Å². The molecule has 1 aromatic heterocycles. The number of rotatable bonds is 7. The number of carbonyl (C=O) groups is 1. The van der Waals surface area contributed by atoms with Crippen LogP contribution in [-0.4, -0.2) is 33.8 Å². The maximum atomic E-state index is 11.8. The highest BCUT2D eigenvalue weighted by Gasteiger charge is 2.28. The summed E-state index contributed by atoms with van der Waals surface area (Å²) in [7, 11) is 0. The van der Waals surface area contributed by atoms with Gasteiger partial charge in [0.05, 0.1) is 10.2 Å². The highest BCUT2D eigenvalue weighted by Crippen LogP contribution is 2.27. The number of hydrogen-bond donors (Lipinski definition) is 3. The van der Waals surface area contributed by atoms with Crippen LogP contribution < -0.4 is 5.32 Å². The zero-order valence-electron chi connectivity index (χ0n) is 12.0. The molecule has 1 aromatic carbocycles. The fourth-order valence-electron chi connectivity index (χ4n) is 1.96. The van der Waals surface area contributed by atoms with Gasteiger partial charge in [-0.2, -0.15) is 0 Å². The van der Waals surface area contributed by atoms with Gasteiger partial charge in [-0.3, -0.25) is 4.79 Å². The molecule has 0 bridgehead atoms. The fourth-order valence-corrected chi connectivity index (χ4v) is 2.95. The first-order valence-corrected chi connectivity index (χ1v) is 7.88. The fraction of sp³-hybridized carbons (Fsp3) is 0.375. The molecule has 0 fully saturated rings. The van der Waals surface area contributed by atoms with Crippen LogP contribution in [0.4, 0.5) is 0 Å². The molecule has 6 heteroatoms. The van der Waals surface area contributed by atoms with Gasteiger partial charge in [-0.1, -0.05) is 12.1 Å². The average Bonchev–Trinajstić information content (AvgIpc) is 2.97. The molecule has 2 aromatic rings. The van der Waals surface area contributed by atoms with E-state index < -0.39 is 18.1 Å². The molecule has 0 aliphatic heterocycles. The maximum Gasteiger partial charge on any atom is 0.252 e. The number of fused-ring (bicyclic) bond motifs is 1. The molecule has 2 atom stereocenters. The summed E-state index contributed by atoms with van der Waals surface area (Å²) in [6, 6.07) is 7.41. The Hall–Kier alpha value is -1.94. The van der Waals surface area contributed by atoms with Crippen LogP contribution in [0.1, 0.15) is 30.4 Å². The van der Waals surface area contributed by atoms with Gasteiger partial charge in [0.15, 0.2) is 6.10 Å². The van der Waals surface area contributed by atoms with E-state index in [9.17, 15) is 15.0 Å². The molecule has 0 saturated heterocycles. The lowest BCUT2D eigenvalue weighted by atomic mass is 10.2. The SMILES string of the molecule is C#CCCCCNC(=O)C(O)C(O)c1nc2ccccc2s1. The summed E-state index contributed by atoms with van der Waals surface area (Å²) in [5, 5.41) is 23.0. The van der Waals surface area contributed by atoms with Gasteiger partial charge in [0.25, 0.3) is 5.91 Å². The van der Waals surface area contributed by atoms with Crippen molar-refractivity contribution in [2.24, 2.45) is 0 Å². The summed E-state index contributed by atoms with van der Waals surface area (Å²) in [5.41, 5.74) is 0.739. The molecule has 116 valence electrons. The molecule has 0 radical (unpaired) electrons. The molecule has 0 aliphatic carbocycles. The first-order valence-electron chi connectivity index (χ1n) is 7.06. The van der Waals surface area contributed by atoms with Crippen LogP contribution in [-0.2, 0) is 4.79 Å². The summed E-state index contributed by atoms with van der Waals surface area (Å²) in [6.45, 7) is 0.421. The van der Waals surface area contributed by atoms with Crippen LogP contribution in [0.2, 0.25) is 0 Å². The summed E-state index contributed by atoms with van der Waals surface area (Å²) >= 11 is 1.26. The number of aliphatic hydroxyl groups is 2. The summed E-state index contributed by atoms with van der Waals surface area (Å²) in [6.07, 6.45) is 4.48. The number of para-hydroxylation sites is 1. The number of amides is 1. The van der Waals surface area contributed by atoms with Crippen molar-refractivity contribution in [3.8, 4) is 12.3 Å². The third-order valence-corrected chi connectivity index (χ3v) is 4.29. The number of nitrogens with zero attached hydrogens (tertiary/aromatic N) is 1. The van der Waals surface area contributed by atoms with Gasteiger partial charge in [-0.15, -0.1) is 23.7 Å². The smallest absolute Gasteiger partial charge is 0.252 e. The Morgan fingerprint density at radius 2 is 2.14 bits per heavy atom. The summed E-state index contributed by atoms with van der Waals surface area (Å²) in [4.78, 5) is 16.1. The molecule has 2 rings (SSSR count). The van der Waals surface area contributed by atoms with Crippen LogP contribution in [0, 0.1) is 12.3 Å². The Labute approximate surface area is 133 Å². The normalized spacial score (nSPS) is 13.5. The average molecular weight is 318 g/mol. The van der Waals surface area contributed by atoms with Crippen LogP contribution in [0.25, 0.3) is 10.2 Å². The van der Waals surface area contributed by atoms with E-state index >= 15 is 0 Å². The Morgan fingerprint density at radius 3 is 2.86 bits per heavy atom. The number of unbranched alkanes of at least 4 members (excludes halogenated alkanes) is 2. The predicted octanol–water partition coefficient (Wildman–Crippen LogP) is 1.61. The van der Waals surface area contributed by atoms with Crippen molar-refractivity contribution in [3.05, 3.63) is 29.3 Å². The second-order valence-electron chi connectivity index (χ2n) is 4.86. The largest absolute Gasteiger partial charge is 0.383 e. The number of thiazole rings is 1. The Kier molecular flexibility index (Phi) is 5.90. The number of terminal acetylenes is 1. The second kappa shape index (κ2) is 7.90. The molecule has 2 unspecified atom stereocenters. The minimum atomic E-state index is -1.53. The summed E-state index contributed by atoms with van der Waals surface area (Å²) < 4.78 is 0.901. The Balaban J connectivity index is 1.92. The molecular weight excluding hydrogens is 300 g/mol. The highest BCUT2D eigenvalue weighted by atomic mass is 32.1. The van der Waals surface area contributed by atoms with Crippen molar-refractivity contribution in [2.45, 2.75) is 31.5 Å². The van der Waals surface area contributed by atoms with Gasteiger partial charge in [-0.05, 0) is 25.0 Å². The number of carbonyl (C=O) groups excluding carboxylic acids is 1. The third-order valence-electron chi connectivity index (χ3n) is 3.18. The van der Waals surface area contributed by atoms with Crippen molar-refractivity contribution >= 4 is 27.5 Å². The van der Waals surface area contributed by atoms with Gasteiger partial charge in [0.2, 0.25) is 0 Å². The van der Waals surface area contributed by atoms with Crippen molar-refractivity contribution < 1.29 is 15.0 Å². The first-order chi connectivity index (χ1) is 10.6. The number of nitrogens with one attached hydrogen (secondary N) is 1. The Bertz CT molecular complexity index is 644. The molecule has 1 amide bonds. The van der Waals surface area contributed by atoms with Crippen molar-refractivity contribution in [1.82, 2.24) is 10.3 Å². The molecule has 5 nitrogen and oxygen atoms in total. The van der Waals surface area contributed by atoms with Crippen molar-refractivity contribution in [3.63, 3.8) is 0 Å². The lowest BCUT2D eigenvalue weighted by molar-refractivity contribution is -0.135. The van der Waals surface area contributed by atoms with Gasteiger partial charge in [0.1, 0.15) is 11.1 Å². The van der Waals surface area contributed by atoms with E-state index in [-0.39, 0.29) is 0 Å². The van der Waals surface area contributed by atoms with E-state index in [1.165, 1.54) is 11.3 Å². The molecule has 22 heavy (non-hydrogen) atoms. The van der Waals surface area contributed by atoms with Crippen molar-refractivity contribution in [1.29, 1.82) is 0 Å². The van der Waals surface area contributed by atoms with Crippen LogP contribution in [0.15, 0.2) is 24.3 Å². The van der Waals surface area contributed by atoms with Gasteiger partial charge in [0, 0.05) is 13.0 Å². The van der Waals surface area contributed by atoms with E-state index in [4.69, 9.17) is 6.42 Å². The van der Waals surface area contributed by atoms with Crippen molar-refractivity contribution in [2.75, 3.05) is 6.54 Å². The third kappa shape index (κ3) is 4.04. The Morgan fingerprint density at radius 1 is 1.36 bits per heavy atom. The minimum absolute atomic E-state index is 0.330.